The molecule has 0 aliphatic heterocycles. The first kappa shape index (κ1) is 23.8. The zero-order valence-electron chi connectivity index (χ0n) is 17.1. The summed E-state index contributed by atoms with van der Waals surface area (Å²) >= 11 is 0. The SMILES string of the molecule is COc1ccc(OC)c(C=NNC(=O)c2cc[n+](CC(=O)c3ccccc3)cc2)c1.[Br-]. The lowest BCUT2D eigenvalue weighted by atomic mass is 10.1. The highest BCUT2D eigenvalue weighted by molar-refractivity contribution is 5.95. The van der Waals surface area contributed by atoms with Gasteiger partial charge < -0.3 is 26.5 Å². The topological polar surface area (TPSA) is 80.9 Å². The number of pyridine rings is 1. The van der Waals surface area contributed by atoms with Crippen LogP contribution in [0.4, 0.5) is 0 Å². The van der Waals surface area contributed by atoms with Crippen LogP contribution < -0.4 is 36.4 Å². The Morgan fingerprint density at radius 3 is 2.32 bits per heavy atom. The number of hydrazone groups is 1. The van der Waals surface area contributed by atoms with Crippen LogP contribution in [0.25, 0.3) is 0 Å². The Kier molecular flexibility index (Phi) is 8.90. The Bertz CT molecular complexity index is 1050. The molecule has 1 amide bonds. The Morgan fingerprint density at radius 1 is 0.968 bits per heavy atom. The van der Waals surface area contributed by atoms with E-state index in [2.05, 4.69) is 10.5 Å². The van der Waals surface area contributed by atoms with Gasteiger partial charge in [0.2, 0.25) is 12.3 Å². The van der Waals surface area contributed by atoms with Gasteiger partial charge in [-0.2, -0.15) is 9.67 Å². The lowest BCUT2D eigenvalue weighted by molar-refractivity contribution is -0.683. The number of carbonyl (C=O) groups is 2. The van der Waals surface area contributed by atoms with Gasteiger partial charge in [-0.1, -0.05) is 30.3 Å². The molecule has 0 aliphatic carbocycles. The van der Waals surface area contributed by atoms with Crippen LogP contribution >= 0.6 is 0 Å². The van der Waals surface area contributed by atoms with E-state index in [1.807, 2.05) is 18.2 Å². The number of amides is 1. The van der Waals surface area contributed by atoms with Gasteiger partial charge in [0, 0.05) is 23.3 Å². The molecule has 7 nitrogen and oxygen atoms in total. The smallest absolute Gasteiger partial charge is 0.271 e. The van der Waals surface area contributed by atoms with E-state index in [1.54, 1.807) is 73.6 Å². The molecule has 0 fully saturated rings. The maximum absolute atomic E-state index is 12.3. The highest BCUT2D eigenvalue weighted by Gasteiger charge is 2.13. The molecule has 31 heavy (non-hydrogen) atoms. The number of methoxy groups -OCH3 is 2. The van der Waals surface area contributed by atoms with E-state index in [4.69, 9.17) is 9.47 Å². The molecule has 0 bridgehead atoms. The number of benzene rings is 2. The van der Waals surface area contributed by atoms with Crippen molar-refractivity contribution in [2.75, 3.05) is 14.2 Å². The van der Waals surface area contributed by atoms with Crippen LogP contribution in [-0.2, 0) is 6.54 Å². The molecule has 160 valence electrons. The molecule has 1 heterocycles. The number of aromatic nitrogens is 1. The zero-order chi connectivity index (χ0) is 21.3. The lowest BCUT2D eigenvalue weighted by Gasteiger charge is -2.06. The predicted octanol–water partition coefficient (Wildman–Crippen LogP) is -0.358. The fourth-order valence-electron chi connectivity index (χ4n) is 2.76. The number of ether oxygens (including phenoxy) is 2. The molecule has 0 aliphatic rings. The first-order valence-electron chi connectivity index (χ1n) is 9.23. The number of nitrogens with zero attached hydrogens (tertiary/aromatic N) is 2. The number of Topliss-reactive ketones (excluding diaryl/α,β-unsaturated/α-hetero) is 1. The molecule has 0 saturated heterocycles. The second-order valence-electron chi connectivity index (χ2n) is 6.36. The Balaban J connectivity index is 0.00000341. The molecule has 1 N–H and O–H groups in total. The maximum Gasteiger partial charge on any atom is 0.271 e. The largest absolute Gasteiger partial charge is 1.00 e. The van der Waals surface area contributed by atoms with Crippen molar-refractivity contribution in [1.29, 1.82) is 0 Å². The molecule has 0 saturated carbocycles. The van der Waals surface area contributed by atoms with Crippen molar-refractivity contribution in [3.63, 3.8) is 0 Å². The molecule has 0 unspecified atom stereocenters. The van der Waals surface area contributed by atoms with Crippen molar-refractivity contribution in [3.8, 4) is 11.5 Å². The number of hydrogen-bond acceptors (Lipinski definition) is 5. The Morgan fingerprint density at radius 2 is 1.68 bits per heavy atom. The van der Waals surface area contributed by atoms with Crippen LogP contribution in [-0.4, -0.2) is 32.1 Å². The first-order chi connectivity index (χ1) is 14.6. The molecule has 3 aromatic rings. The van der Waals surface area contributed by atoms with Crippen molar-refractivity contribution >= 4 is 17.9 Å². The third-order valence-corrected chi connectivity index (χ3v) is 4.38. The molecule has 0 atom stereocenters. The van der Waals surface area contributed by atoms with Gasteiger partial charge in [0.25, 0.3) is 5.91 Å². The van der Waals surface area contributed by atoms with Gasteiger partial charge in [0.1, 0.15) is 11.5 Å². The summed E-state index contributed by atoms with van der Waals surface area (Å²) in [5.41, 5.74) is 4.22. The van der Waals surface area contributed by atoms with Gasteiger partial charge in [-0.3, -0.25) is 9.59 Å². The van der Waals surface area contributed by atoms with E-state index in [1.165, 1.54) is 6.21 Å². The average molecular weight is 484 g/mol. The lowest BCUT2D eigenvalue weighted by Crippen LogP contribution is -3.00. The minimum atomic E-state index is -0.366. The third kappa shape index (κ3) is 6.48. The molecular weight excluding hydrogens is 462 g/mol. The van der Waals surface area contributed by atoms with Crippen molar-refractivity contribution in [1.82, 2.24) is 5.43 Å². The van der Waals surface area contributed by atoms with Crippen LogP contribution in [0.2, 0.25) is 0 Å². The number of carbonyl (C=O) groups excluding carboxylic acids is 2. The van der Waals surface area contributed by atoms with Crippen LogP contribution in [0.15, 0.2) is 78.2 Å². The van der Waals surface area contributed by atoms with Gasteiger partial charge >= 0.3 is 0 Å². The summed E-state index contributed by atoms with van der Waals surface area (Å²) in [5, 5.41) is 3.99. The first-order valence-corrected chi connectivity index (χ1v) is 9.23. The zero-order valence-corrected chi connectivity index (χ0v) is 18.7. The Hall–Kier alpha value is -3.52. The molecule has 2 aromatic carbocycles. The minimum absolute atomic E-state index is 0. The average Bonchev–Trinajstić information content (AvgIpc) is 2.80. The maximum atomic E-state index is 12.3. The standard InChI is InChI=1S/C23H21N3O4.BrH/c1-29-20-8-9-22(30-2)19(14-20)15-24-25-23(28)18-10-12-26(13-11-18)16-21(27)17-6-4-3-5-7-17;/h3-15H,16H2,1-2H3;1H. The van der Waals surface area contributed by atoms with Gasteiger partial charge in [-0.25, -0.2) is 5.43 Å². The summed E-state index contributed by atoms with van der Waals surface area (Å²) in [6.45, 7) is 0.194. The van der Waals surface area contributed by atoms with E-state index < -0.39 is 0 Å². The third-order valence-electron chi connectivity index (χ3n) is 4.38. The van der Waals surface area contributed by atoms with E-state index in [9.17, 15) is 9.59 Å². The quantitative estimate of drug-likeness (QED) is 0.205. The summed E-state index contributed by atoms with van der Waals surface area (Å²) in [6, 6.07) is 17.6. The molecule has 8 heteroatoms. The number of halogens is 1. The van der Waals surface area contributed by atoms with Gasteiger partial charge in [0.15, 0.2) is 12.4 Å². The summed E-state index contributed by atoms with van der Waals surface area (Å²) in [6.07, 6.45) is 4.86. The van der Waals surface area contributed by atoms with Gasteiger partial charge in [0.05, 0.1) is 26.0 Å². The van der Waals surface area contributed by atoms with Crippen molar-refractivity contribution < 1.29 is 40.6 Å². The number of hydrogen-bond donors (Lipinski definition) is 1. The van der Waals surface area contributed by atoms with E-state index in [-0.39, 0.29) is 35.2 Å². The minimum Gasteiger partial charge on any atom is -1.00 e. The Labute approximate surface area is 191 Å². The summed E-state index contributed by atoms with van der Waals surface area (Å²) in [5.74, 6) is 0.892. The molecular formula is C23H22BrN3O4. The second kappa shape index (κ2) is 11.6. The molecule has 3 rings (SSSR count). The molecule has 0 radical (unpaired) electrons. The number of ketones is 1. The normalized spacial score (nSPS) is 10.3. The van der Waals surface area contributed by atoms with Gasteiger partial charge in [-0.15, -0.1) is 0 Å². The number of rotatable bonds is 8. The highest BCUT2D eigenvalue weighted by Crippen LogP contribution is 2.22. The van der Waals surface area contributed by atoms with Crippen LogP contribution in [0, 0.1) is 0 Å². The fourth-order valence-corrected chi connectivity index (χ4v) is 2.76. The fraction of sp³-hybridized carbons (Fsp3) is 0.130. The second-order valence-corrected chi connectivity index (χ2v) is 6.36. The van der Waals surface area contributed by atoms with Crippen LogP contribution in [0.5, 0.6) is 11.5 Å². The summed E-state index contributed by atoms with van der Waals surface area (Å²) < 4.78 is 12.2. The predicted molar refractivity (Wildman–Crippen MR) is 112 cm³/mol. The van der Waals surface area contributed by atoms with E-state index in [0.29, 0.717) is 28.2 Å². The summed E-state index contributed by atoms with van der Waals surface area (Å²) in [7, 11) is 3.12. The van der Waals surface area contributed by atoms with Crippen molar-refractivity contribution in [2.45, 2.75) is 6.54 Å². The monoisotopic (exact) mass is 483 g/mol. The number of nitrogens with one attached hydrogen (secondary N) is 1. The highest BCUT2D eigenvalue weighted by atomic mass is 79.9. The van der Waals surface area contributed by atoms with Crippen LogP contribution in [0.3, 0.4) is 0 Å². The van der Waals surface area contributed by atoms with E-state index >= 15 is 0 Å². The van der Waals surface area contributed by atoms with Gasteiger partial charge in [-0.05, 0) is 18.2 Å². The molecule has 1 aromatic heterocycles. The summed E-state index contributed by atoms with van der Waals surface area (Å²) in [4.78, 5) is 24.6. The van der Waals surface area contributed by atoms with E-state index in [0.717, 1.165) is 0 Å². The molecule has 0 spiro atoms. The van der Waals surface area contributed by atoms with Crippen molar-refractivity contribution in [3.05, 3.63) is 89.7 Å². The van der Waals surface area contributed by atoms with Crippen LogP contribution in [0.1, 0.15) is 26.3 Å². The van der Waals surface area contributed by atoms with Crippen molar-refractivity contribution in [2.24, 2.45) is 5.10 Å².